The molecule has 92 valence electrons. The largest absolute Gasteiger partial charge is 0.316 e. The average molecular weight is 222 g/mol. The summed E-state index contributed by atoms with van der Waals surface area (Å²) in [5, 5.41) is 12.3. The van der Waals surface area contributed by atoms with Crippen LogP contribution in [0.2, 0.25) is 0 Å². The first-order chi connectivity index (χ1) is 7.76. The van der Waals surface area contributed by atoms with Gasteiger partial charge in [0.15, 0.2) is 0 Å². The van der Waals surface area contributed by atoms with Crippen LogP contribution in [0.3, 0.4) is 0 Å². The molecule has 1 N–H and O–H groups in total. The van der Waals surface area contributed by atoms with Gasteiger partial charge in [-0.3, -0.25) is 0 Å². The molecule has 0 aromatic carbocycles. The minimum absolute atomic E-state index is 0.359. The summed E-state index contributed by atoms with van der Waals surface area (Å²) in [5.41, 5.74) is 0.359. The molecule has 0 radical (unpaired) electrons. The first-order valence-corrected chi connectivity index (χ1v) is 6.84. The molecule has 1 aliphatic carbocycles. The van der Waals surface area contributed by atoms with Gasteiger partial charge in [-0.2, -0.15) is 5.26 Å². The molecule has 1 fully saturated rings. The summed E-state index contributed by atoms with van der Waals surface area (Å²) < 4.78 is 0. The van der Waals surface area contributed by atoms with E-state index in [9.17, 15) is 0 Å². The van der Waals surface area contributed by atoms with Crippen molar-refractivity contribution in [2.75, 3.05) is 13.1 Å². The Balaban J connectivity index is 2.11. The van der Waals surface area contributed by atoms with Crippen molar-refractivity contribution in [2.24, 2.45) is 11.3 Å². The zero-order valence-electron chi connectivity index (χ0n) is 10.9. The molecule has 1 atom stereocenters. The molecule has 1 aliphatic rings. The molecule has 1 unspecified atom stereocenters. The summed E-state index contributed by atoms with van der Waals surface area (Å²) in [7, 11) is 0. The zero-order chi connectivity index (χ0) is 11.9. The second-order valence-corrected chi connectivity index (χ2v) is 5.38. The Bertz CT molecular complexity index is 225. The fourth-order valence-electron chi connectivity index (χ4n) is 2.25. The van der Waals surface area contributed by atoms with Crippen molar-refractivity contribution in [1.29, 1.82) is 5.26 Å². The highest BCUT2D eigenvalue weighted by atomic mass is 14.9. The Hall–Kier alpha value is -0.550. The molecule has 0 aromatic rings. The van der Waals surface area contributed by atoms with Gasteiger partial charge >= 0.3 is 0 Å². The number of nitrogens with zero attached hydrogens (tertiary/aromatic N) is 1. The van der Waals surface area contributed by atoms with Gasteiger partial charge in [0.05, 0.1) is 6.07 Å². The van der Waals surface area contributed by atoms with E-state index in [-0.39, 0.29) is 0 Å². The summed E-state index contributed by atoms with van der Waals surface area (Å²) in [4.78, 5) is 0. The quantitative estimate of drug-likeness (QED) is 0.648. The van der Waals surface area contributed by atoms with Gasteiger partial charge in [0.25, 0.3) is 0 Å². The Labute approximate surface area is 100 Å². The maximum atomic E-state index is 8.73. The lowest BCUT2D eigenvalue weighted by atomic mass is 9.98. The molecule has 0 spiro atoms. The van der Waals surface area contributed by atoms with Crippen LogP contribution in [0.5, 0.6) is 0 Å². The third-order valence-corrected chi connectivity index (χ3v) is 3.89. The minimum Gasteiger partial charge on any atom is -0.316 e. The molecule has 1 rings (SSSR count). The van der Waals surface area contributed by atoms with Crippen molar-refractivity contribution in [3.63, 3.8) is 0 Å². The lowest BCUT2D eigenvalue weighted by Gasteiger charge is -2.18. The van der Waals surface area contributed by atoms with E-state index in [4.69, 9.17) is 5.26 Å². The molecule has 0 aromatic heterocycles. The fraction of sp³-hybridized carbons (Fsp3) is 0.929. The standard InChI is InChI=1S/C14H26N2/c1-3-5-6-13(4-2)11-16-12-14(7-8-14)9-10-15/h13,16H,3-9,11-12H2,1-2H3. The van der Waals surface area contributed by atoms with Gasteiger partial charge < -0.3 is 5.32 Å². The maximum Gasteiger partial charge on any atom is 0.0628 e. The van der Waals surface area contributed by atoms with Crippen LogP contribution in [0.25, 0.3) is 0 Å². The van der Waals surface area contributed by atoms with E-state index < -0.39 is 0 Å². The molecule has 0 amide bonds. The third kappa shape index (κ3) is 4.53. The molecular weight excluding hydrogens is 196 g/mol. The predicted molar refractivity (Wildman–Crippen MR) is 68.1 cm³/mol. The molecule has 0 saturated heterocycles. The molecule has 2 heteroatoms. The fourth-order valence-corrected chi connectivity index (χ4v) is 2.25. The smallest absolute Gasteiger partial charge is 0.0628 e. The first-order valence-electron chi connectivity index (χ1n) is 6.84. The third-order valence-electron chi connectivity index (χ3n) is 3.89. The van der Waals surface area contributed by atoms with E-state index in [2.05, 4.69) is 25.2 Å². The molecule has 1 saturated carbocycles. The van der Waals surface area contributed by atoms with E-state index in [1.54, 1.807) is 0 Å². The van der Waals surface area contributed by atoms with Crippen LogP contribution in [0, 0.1) is 22.7 Å². The number of nitriles is 1. The topological polar surface area (TPSA) is 35.8 Å². The van der Waals surface area contributed by atoms with Crippen LogP contribution in [0.1, 0.15) is 58.8 Å². The van der Waals surface area contributed by atoms with E-state index in [1.165, 1.54) is 38.5 Å². The average Bonchev–Trinajstić information content (AvgIpc) is 3.04. The Kier molecular flexibility index (Phi) is 5.84. The van der Waals surface area contributed by atoms with E-state index in [0.717, 1.165) is 25.4 Å². The van der Waals surface area contributed by atoms with Gasteiger partial charge in [-0.05, 0) is 37.1 Å². The van der Waals surface area contributed by atoms with Gasteiger partial charge in [0.2, 0.25) is 0 Å². The molecule has 16 heavy (non-hydrogen) atoms. The van der Waals surface area contributed by atoms with E-state index >= 15 is 0 Å². The zero-order valence-corrected chi connectivity index (χ0v) is 10.9. The van der Waals surface area contributed by atoms with Crippen LogP contribution in [0.15, 0.2) is 0 Å². The maximum absolute atomic E-state index is 8.73. The summed E-state index contributed by atoms with van der Waals surface area (Å²) in [6, 6.07) is 2.32. The van der Waals surface area contributed by atoms with Crippen LogP contribution >= 0.6 is 0 Å². The Morgan fingerprint density at radius 1 is 1.38 bits per heavy atom. The summed E-state index contributed by atoms with van der Waals surface area (Å²) >= 11 is 0. The van der Waals surface area contributed by atoms with Crippen LogP contribution < -0.4 is 5.32 Å². The van der Waals surface area contributed by atoms with Gasteiger partial charge in [0.1, 0.15) is 0 Å². The van der Waals surface area contributed by atoms with E-state index in [1.807, 2.05) is 0 Å². The summed E-state index contributed by atoms with van der Waals surface area (Å²) in [5.74, 6) is 0.831. The van der Waals surface area contributed by atoms with Gasteiger partial charge in [-0.25, -0.2) is 0 Å². The Morgan fingerprint density at radius 3 is 2.62 bits per heavy atom. The number of unbranched alkanes of at least 4 members (excludes halogenated alkanes) is 1. The van der Waals surface area contributed by atoms with Gasteiger partial charge in [-0.15, -0.1) is 0 Å². The van der Waals surface area contributed by atoms with Gasteiger partial charge in [0, 0.05) is 13.0 Å². The molecule has 0 heterocycles. The minimum atomic E-state index is 0.359. The van der Waals surface area contributed by atoms with Crippen molar-refractivity contribution in [3.05, 3.63) is 0 Å². The number of rotatable bonds is 9. The molecular formula is C14H26N2. The second-order valence-electron chi connectivity index (χ2n) is 5.38. The summed E-state index contributed by atoms with van der Waals surface area (Å²) in [6.45, 7) is 6.74. The lowest BCUT2D eigenvalue weighted by Crippen LogP contribution is -2.28. The van der Waals surface area contributed by atoms with Crippen molar-refractivity contribution in [3.8, 4) is 6.07 Å². The monoisotopic (exact) mass is 222 g/mol. The first kappa shape index (κ1) is 13.5. The van der Waals surface area contributed by atoms with Crippen molar-refractivity contribution in [1.82, 2.24) is 5.32 Å². The van der Waals surface area contributed by atoms with Crippen LogP contribution in [-0.2, 0) is 0 Å². The summed E-state index contributed by atoms with van der Waals surface area (Å²) in [6.07, 6.45) is 8.52. The van der Waals surface area contributed by atoms with Gasteiger partial charge in [-0.1, -0.05) is 33.1 Å². The number of hydrogen-bond donors (Lipinski definition) is 1. The highest BCUT2D eigenvalue weighted by Crippen LogP contribution is 2.47. The second kappa shape index (κ2) is 6.91. The lowest BCUT2D eigenvalue weighted by molar-refractivity contribution is 0.385. The molecule has 0 bridgehead atoms. The number of nitrogens with one attached hydrogen (secondary N) is 1. The van der Waals surface area contributed by atoms with Crippen LogP contribution in [0.4, 0.5) is 0 Å². The van der Waals surface area contributed by atoms with E-state index in [0.29, 0.717) is 5.41 Å². The SMILES string of the molecule is CCCCC(CC)CNCC1(CC#N)CC1. The van der Waals surface area contributed by atoms with Crippen molar-refractivity contribution >= 4 is 0 Å². The predicted octanol–water partition coefficient (Wildman–Crippen LogP) is 3.49. The Morgan fingerprint density at radius 2 is 2.12 bits per heavy atom. The normalized spacial score (nSPS) is 19.1. The van der Waals surface area contributed by atoms with Crippen molar-refractivity contribution in [2.45, 2.75) is 58.8 Å². The van der Waals surface area contributed by atoms with Crippen molar-refractivity contribution < 1.29 is 0 Å². The van der Waals surface area contributed by atoms with Crippen LogP contribution in [-0.4, -0.2) is 13.1 Å². The number of hydrogen-bond acceptors (Lipinski definition) is 2. The molecule has 2 nitrogen and oxygen atoms in total. The molecule has 0 aliphatic heterocycles. The highest BCUT2D eigenvalue weighted by molar-refractivity contribution is 5.00. The highest BCUT2D eigenvalue weighted by Gasteiger charge is 2.41.